The maximum absolute atomic E-state index is 13.1. The Balaban J connectivity index is 1.68. The minimum absolute atomic E-state index is 0.0544. The van der Waals surface area contributed by atoms with Crippen LogP contribution in [-0.4, -0.2) is 59.9 Å². The standard InChI is InChI=1S/C24H26N2O5/c1-30-20-9-3-2-8-18(20)22-21(19(27)11-10-17-7-6-16-31-17)23(28)24(29)26(22)15-14-25-12-4-5-13-25/h2-3,6-11,16,22,28H,4-5,12-15H2,1H3/b11-10+. The summed E-state index contributed by atoms with van der Waals surface area (Å²) in [5, 5.41) is 10.7. The van der Waals surface area contributed by atoms with Gasteiger partial charge in [0.15, 0.2) is 11.5 Å². The molecule has 7 nitrogen and oxygen atoms in total. The Morgan fingerprint density at radius 2 is 1.97 bits per heavy atom. The molecule has 1 saturated heterocycles. The lowest BCUT2D eigenvalue weighted by molar-refractivity contribution is -0.129. The molecule has 1 aromatic heterocycles. The van der Waals surface area contributed by atoms with Crippen LogP contribution in [0.4, 0.5) is 0 Å². The van der Waals surface area contributed by atoms with Crippen molar-refractivity contribution in [1.29, 1.82) is 0 Å². The average molecular weight is 422 g/mol. The second-order valence-electron chi connectivity index (χ2n) is 7.67. The molecule has 1 atom stereocenters. The Kier molecular flexibility index (Phi) is 6.23. The van der Waals surface area contributed by atoms with Crippen LogP contribution in [0.3, 0.4) is 0 Å². The summed E-state index contributed by atoms with van der Waals surface area (Å²) in [7, 11) is 1.55. The molecular weight excluding hydrogens is 396 g/mol. The van der Waals surface area contributed by atoms with Crippen molar-refractivity contribution >= 4 is 17.8 Å². The molecule has 31 heavy (non-hydrogen) atoms. The molecule has 0 saturated carbocycles. The number of aliphatic hydroxyl groups is 1. The number of benzene rings is 1. The van der Waals surface area contributed by atoms with Gasteiger partial charge in [0.05, 0.1) is 25.0 Å². The molecule has 0 spiro atoms. The van der Waals surface area contributed by atoms with E-state index >= 15 is 0 Å². The van der Waals surface area contributed by atoms with Crippen LogP contribution in [0, 0.1) is 0 Å². The van der Waals surface area contributed by atoms with Crippen LogP contribution in [-0.2, 0) is 9.59 Å². The SMILES string of the molecule is COc1ccccc1C1C(C(=O)/C=C/c2ccco2)=C(O)C(=O)N1CCN1CCCC1. The molecule has 1 fully saturated rings. The van der Waals surface area contributed by atoms with E-state index in [-0.39, 0.29) is 5.57 Å². The zero-order chi connectivity index (χ0) is 21.8. The third kappa shape index (κ3) is 4.27. The van der Waals surface area contributed by atoms with Crippen LogP contribution in [0.5, 0.6) is 5.75 Å². The van der Waals surface area contributed by atoms with Gasteiger partial charge in [-0.1, -0.05) is 18.2 Å². The Morgan fingerprint density at radius 3 is 2.68 bits per heavy atom. The number of ketones is 1. The van der Waals surface area contributed by atoms with Crippen molar-refractivity contribution in [3.63, 3.8) is 0 Å². The van der Waals surface area contributed by atoms with E-state index in [0.717, 1.165) is 25.9 Å². The molecule has 4 rings (SSSR count). The zero-order valence-electron chi connectivity index (χ0n) is 17.5. The van der Waals surface area contributed by atoms with Gasteiger partial charge in [0.2, 0.25) is 0 Å². The zero-order valence-corrected chi connectivity index (χ0v) is 17.5. The molecule has 7 heteroatoms. The first-order valence-corrected chi connectivity index (χ1v) is 10.5. The van der Waals surface area contributed by atoms with Crippen molar-refractivity contribution < 1.29 is 23.8 Å². The van der Waals surface area contributed by atoms with Crippen LogP contribution < -0.4 is 4.74 Å². The van der Waals surface area contributed by atoms with Crippen molar-refractivity contribution in [2.45, 2.75) is 18.9 Å². The Hall–Kier alpha value is -3.32. The quantitative estimate of drug-likeness (QED) is 0.657. The van der Waals surface area contributed by atoms with Crippen molar-refractivity contribution in [3.05, 3.63) is 71.4 Å². The lowest BCUT2D eigenvalue weighted by atomic mass is 9.95. The lowest BCUT2D eigenvalue weighted by Crippen LogP contribution is -2.38. The second-order valence-corrected chi connectivity index (χ2v) is 7.67. The summed E-state index contributed by atoms with van der Waals surface area (Å²) in [6.07, 6.45) is 6.66. The molecule has 1 aromatic carbocycles. The molecule has 1 unspecified atom stereocenters. The topological polar surface area (TPSA) is 83.2 Å². The normalized spacial score (nSPS) is 19.7. The highest BCUT2D eigenvalue weighted by atomic mass is 16.5. The Labute approximate surface area is 181 Å². The highest BCUT2D eigenvalue weighted by Gasteiger charge is 2.43. The maximum Gasteiger partial charge on any atom is 0.290 e. The monoisotopic (exact) mass is 422 g/mol. The Morgan fingerprint density at radius 1 is 1.19 bits per heavy atom. The van der Waals surface area contributed by atoms with E-state index in [9.17, 15) is 14.7 Å². The van der Waals surface area contributed by atoms with E-state index in [0.29, 0.717) is 30.2 Å². The minimum atomic E-state index is -0.722. The number of hydrogen-bond donors (Lipinski definition) is 1. The maximum atomic E-state index is 13.1. The fourth-order valence-corrected chi connectivity index (χ4v) is 4.24. The first-order valence-electron chi connectivity index (χ1n) is 10.5. The number of carbonyl (C=O) groups excluding carboxylic acids is 2. The number of ether oxygens (including phenoxy) is 1. The van der Waals surface area contributed by atoms with E-state index < -0.39 is 23.5 Å². The number of rotatable bonds is 8. The number of furan rings is 1. The molecule has 0 radical (unpaired) electrons. The summed E-state index contributed by atoms with van der Waals surface area (Å²) >= 11 is 0. The summed E-state index contributed by atoms with van der Waals surface area (Å²) in [6.45, 7) is 3.09. The fourth-order valence-electron chi connectivity index (χ4n) is 4.24. The number of methoxy groups -OCH3 is 1. The van der Waals surface area contributed by atoms with Crippen LogP contribution in [0.25, 0.3) is 6.08 Å². The molecule has 1 amide bonds. The van der Waals surface area contributed by atoms with Gasteiger partial charge in [-0.25, -0.2) is 0 Å². The summed E-state index contributed by atoms with van der Waals surface area (Å²) in [6, 6.07) is 9.98. The van der Waals surface area contributed by atoms with Gasteiger partial charge in [-0.05, 0) is 56.3 Å². The number of carbonyl (C=O) groups is 2. The predicted molar refractivity (Wildman–Crippen MR) is 116 cm³/mol. The predicted octanol–water partition coefficient (Wildman–Crippen LogP) is 3.36. The van der Waals surface area contributed by atoms with Gasteiger partial charge in [-0.2, -0.15) is 0 Å². The highest BCUT2D eigenvalue weighted by Crippen LogP contribution is 2.41. The third-order valence-electron chi connectivity index (χ3n) is 5.80. The number of likely N-dealkylation sites (tertiary alicyclic amines) is 1. The van der Waals surface area contributed by atoms with Crippen molar-refractivity contribution in [2.24, 2.45) is 0 Å². The fraction of sp³-hybridized carbons (Fsp3) is 0.333. The molecule has 162 valence electrons. The highest BCUT2D eigenvalue weighted by molar-refractivity contribution is 6.14. The molecule has 2 aliphatic rings. The molecule has 2 aliphatic heterocycles. The number of para-hydroxylation sites is 1. The van der Waals surface area contributed by atoms with E-state index in [1.165, 1.54) is 18.4 Å². The summed E-state index contributed by atoms with van der Waals surface area (Å²) in [5.41, 5.74) is 0.720. The summed E-state index contributed by atoms with van der Waals surface area (Å²) in [5.74, 6) is -0.419. The van der Waals surface area contributed by atoms with E-state index in [1.807, 2.05) is 18.2 Å². The smallest absolute Gasteiger partial charge is 0.290 e. The first-order chi connectivity index (χ1) is 15.1. The van der Waals surface area contributed by atoms with E-state index in [2.05, 4.69) is 4.90 Å². The van der Waals surface area contributed by atoms with Gasteiger partial charge < -0.3 is 24.1 Å². The first kappa shape index (κ1) is 20.9. The van der Waals surface area contributed by atoms with Gasteiger partial charge >= 0.3 is 0 Å². The van der Waals surface area contributed by atoms with Gasteiger partial charge in [-0.15, -0.1) is 0 Å². The summed E-state index contributed by atoms with van der Waals surface area (Å²) < 4.78 is 10.7. The van der Waals surface area contributed by atoms with Crippen LogP contribution in [0.2, 0.25) is 0 Å². The number of nitrogens with zero attached hydrogens (tertiary/aromatic N) is 2. The molecular formula is C24H26N2O5. The third-order valence-corrected chi connectivity index (χ3v) is 5.80. The number of hydrogen-bond acceptors (Lipinski definition) is 6. The van der Waals surface area contributed by atoms with E-state index in [4.69, 9.17) is 9.15 Å². The van der Waals surface area contributed by atoms with Crippen LogP contribution in [0.1, 0.15) is 30.2 Å². The van der Waals surface area contributed by atoms with E-state index in [1.54, 1.807) is 30.2 Å². The second kappa shape index (κ2) is 9.22. The van der Waals surface area contributed by atoms with Gasteiger partial charge in [0.25, 0.3) is 5.91 Å². The molecule has 0 bridgehead atoms. The molecule has 2 aromatic rings. The van der Waals surface area contributed by atoms with Gasteiger partial charge in [0, 0.05) is 18.7 Å². The van der Waals surface area contributed by atoms with Gasteiger partial charge in [0.1, 0.15) is 11.5 Å². The number of amides is 1. The average Bonchev–Trinajstić information content (AvgIpc) is 3.54. The molecule has 1 N–H and O–H groups in total. The van der Waals surface area contributed by atoms with Crippen LogP contribution in [0.15, 0.2) is 64.5 Å². The minimum Gasteiger partial charge on any atom is -0.503 e. The summed E-state index contributed by atoms with van der Waals surface area (Å²) in [4.78, 5) is 30.0. The van der Waals surface area contributed by atoms with Crippen LogP contribution >= 0.6 is 0 Å². The molecule has 3 heterocycles. The number of allylic oxidation sites excluding steroid dienone is 1. The van der Waals surface area contributed by atoms with Crippen molar-refractivity contribution in [3.8, 4) is 5.75 Å². The molecule has 0 aliphatic carbocycles. The number of aliphatic hydroxyl groups excluding tert-OH is 1. The Bertz CT molecular complexity index is 1000. The van der Waals surface area contributed by atoms with Crippen molar-refractivity contribution in [2.75, 3.05) is 33.3 Å². The van der Waals surface area contributed by atoms with Crippen molar-refractivity contribution in [1.82, 2.24) is 9.80 Å². The lowest BCUT2D eigenvalue weighted by Gasteiger charge is -2.29. The van der Waals surface area contributed by atoms with Gasteiger partial charge in [-0.3, -0.25) is 9.59 Å². The largest absolute Gasteiger partial charge is 0.503 e.